The van der Waals surface area contributed by atoms with Crippen LogP contribution in [0.15, 0.2) is 29.4 Å². The summed E-state index contributed by atoms with van der Waals surface area (Å²) in [5.41, 5.74) is 0.625. The molecule has 0 fully saturated rings. The van der Waals surface area contributed by atoms with E-state index in [0.717, 1.165) is 23.8 Å². The molecule has 1 heterocycles. The number of amides is 1. The van der Waals surface area contributed by atoms with Crippen LogP contribution in [-0.4, -0.2) is 26.4 Å². The zero-order valence-electron chi connectivity index (χ0n) is 14.8. The molecule has 0 bridgehead atoms. The van der Waals surface area contributed by atoms with Crippen molar-refractivity contribution in [3.8, 4) is 0 Å². The largest absolute Gasteiger partial charge is 0.324 e. The van der Waals surface area contributed by atoms with Crippen molar-refractivity contribution in [2.45, 2.75) is 50.6 Å². The zero-order valence-corrected chi connectivity index (χ0v) is 16.4. The van der Waals surface area contributed by atoms with Gasteiger partial charge in [0, 0.05) is 13.5 Å². The lowest BCUT2D eigenvalue weighted by molar-refractivity contribution is -0.113. The lowest BCUT2D eigenvalue weighted by Gasteiger charge is -2.07. The molecule has 0 aliphatic carbocycles. The summed E-state index contributed by atoms with van der Waals surface area (Å²) in [5.74, 6) is 1.14. The van der Waals surface area contributed by atoms with Crippen LogP contribution < -0.4 is 5.32 Å². The van der Waals surface area contributed by atoms with E-state index in [1.807, 2.05) is 23.7 Å². The molecule has 0 aliphatic rings. The van der Waals surface area contributed by atoms with Gasteiger partial charge in [-0.3, -0.25) is 4.79 Å². The van der Waals surface area contributed by atoms with E-state index in [4.69, 9.17) is 11.6 Å². The van der Waals surface area contributed by atoms with Crippen LogP contribution in [0.5, 0.6) is 0 Å². The van der Waals surface area contributed by atoms with Crippen LogP contribution in [0.4, 0.5) is 5.69 Å². The normalized spacial score (nSPS) is 10.8. The highest BCUT2D eigenvalue weighted by Crippen LogP contribution is 2.22. The Balaban J connectivity index is 1.79. The topological polar surface area (TPSA) is 59.8 Å². The first-order valence-electron chi connectivity index (χ1n) is 8.67. The molecule has 25 heavy (non-hydrogen) atoms. The summed E-state index contributed by atoms with van der Waals surface area (Å²) >= 11 is 7.43. The van der Waals surface area contributed by atoms with Crippen molar-refractivity contribution in [3.05, 3.63) is 35.1 Å². The van der Waals surface area contributed by atoms with Gasteiger partial charge < -0.3 is 9.88 Å². The Morgan fingerprint density at radius 1 is 1.20 bits per heavy atom. The van der Waals surface area contributed by atoms with Gasteiger partial charge in [0.15, 0.2) is 5.16 Å². The summed E-state index contributed by atoms with van der Waals surface area (Å²) in [6.45, 7) is 2.22. The van der Waals surface area contributed by atoms with E-state index in [1.165, 1.54) is 37.4 Å². The quantitative estimate of drug-likeness (QED) is 0.479. The highest BCUT2D eigenvalue weighted by Gasteiger charge is 2.12. The van der Waals surface area contributed by atoms with Crippen molar-refractivity contribution in [2.24, 2.45) is 7.05 Å². The first-order valence-corrected chi connectivity index (χ1v) is 10.0. The van der Waals surface area contributed by atoms with E-state index in [0.29, 0.717) is 10.7 Å². The zero-order chi connectivity index (χ0) is 18.1. The summed E-state index contributed by atoms with van der Waals surface area (Å²) in [5, 5.41) is 12.6. The molecular formula is C18H25ClN4OS. The molecule has 1 amide bonds. The van der Waals surface area contributed by atoms with Gasteiger partial charge in [0.25, 0.3) is 0 Å². The second-order valence-corrected chi connectivity index (χ2v) is 7.29. The van der Waals surface area contributed by atoms with E-state index < -0.39 is 0 Å². The molecule has 5 nitrogen and oxygen atoms in total. The lowest BCUT2D eigenvalue weighted by Crippen LogP contribution is -2.14. The number of nitrogens with one attached hydrogen (secondary N) is 1. The van der Waals surface area contributed by atoms with Crippen LogP contribution in [0, 0.1) is 0 Å². The van der Waals surface area contributed by atoms with Crippen LogP contribution in [0.3, 0.4) is 0 Å². The predicted molar refractivity (Wildman–Crippen MR) is 104 cm³/mol. The van der Waals surface area contributed by atoms with Crippen molar-refractivity contribution in [2.75, 3.05) is 11.1 Å². The number of rotatable bonds is 10. The molecule has 0 saturated carbocycles. The third-order valence-electron chi connectivity index (χ3n) is 3.91. The maximum atomic E-state index is 12.1. The first kappa shape index (κ1) is 19.8. The van der Waals surface area contributed by atoms with E-state index in [-0.39, 0.29) is 11.7 Å². The number of thioether (sulfide) groups is 1. The van der Waals surface area contributed by atoms with Crippen LogP contribution >= 0.6 is 23.4 Å². The average molecular weight is 381 g/mol. The number of nitrogens with zero attached hydrogens (tertiary/aromatic N) is 3. The molecule has 1 aromatic carbocycles. The van der Waals surface area contributed by atoms with E-state index in [2.05, 4.69) is 22.4 Å². The molecule has 0 radical (unpaired) electrons. The predicted octanol–water partition coefficient (Wildman–Crippen LogP) is 4.71. The number of hydrogen-bond acceptors (Lipinski definition) is 4. The second kappa shape index (κ2) is 10.5. The van der Waals surface area contributed by atoms with Gasteiger partial charge in [-0.1, -0.05) is 68.1 Å². The number of anilines is 1. The highest BCUT2D eigenvalue weighted by atomic mass is 35.5. The minimum atomic E-state index is -0.109. The third-order valence-corrected chi connectivity index (χ3v) is 5.26. The summed E-state index contributed by atoms with van der Waals surface area (Å²) in [6.07, 6.45) is 7.10. The summed E-state index contributed by atoms with van der Waals surface area (Å²) in [6, 6.07) is 7.20. The Morgan fingerprint density at radius 2 is 1.96 bits per heavy atom. The first-order chi connectivity index (χ1) is 12.1. The van der Waals surface area contributed by atoms with Crippen molar-refractivity contribution in [1.29, 1.82) is 0 Å². The van der Waals surface area contributed by atoms with Gasteiger partial charge in [-0.05, 0) is 18.6 Å². The Morgan fingerprint density at radius 3 is 2.72 bits per heavy atom. The minimum Gasteiger partial charge on any atom is -0.324 e. The molecule has 0 aliphatic heterocycles. The average Bonchev–Trinajstić information content (AvgIpc) is 2.95. The van der Waals surface area contributed by atoms with Crippen LogP contribution in [0.25, 0.3) is 0 Å². The van der Waals surface area contributed by atoms with Crippen molar-refractivity contribution in [1.82, 2.24) is 14.8 Å². The van der Waals surface area contributed by atoms with Gasteiger partial charge >= 0.3 is 0 Å². The van der Waals surface area contributed by atoms with Crippen molar-refractivity contribution < 1.29 is 4.79 Å². The Labute approximate surface area is 158 Å². The molecule has 0 unspecified atom stereocenters. The third kappa shape index (κ3) is 6.36. The van der Waals surface area contributed by atoms with Crippen molar-refractivity contribution in [3.63, 3.8) is 0 Å². The second-order valence-electron chi connectivity index (χ2n) is 5.94. The SMILES string of the molecule is CCCCCCCc1nnc(SCC(=O)Nc2ccccc2Cl)n1C. The molecule has 2 aromatic rings. The van der Waals surface area contributed by atoms with Gasteiger partial charge in [0.1, 0.15) is 5.82 Å². The molecule has 1 aromatic heterocycles. The Bertz CT molecular complexity index is 689. The van der Waals surface area contributed by atoms with Crippen LogP contribution in [0.1, 0.15) is 44.9 Å². The number of benzene rings is 1. The number of carbonyl (C=O) groups excluding carboxylic acids is 1. The molecule has 7 heteroatoms. The van der Waals surface area contributed by atoms with Gasteiger partial charge in [0.05, 0.1) is 16.5 Å². The number of halogens is 1. The van der Waals surface area contributed by atoms with Crippen molar-refractivity contribution >= 4 is 35.0 Å². The fraction of sp³-hybridized carbons (Fsp3) is 0.500. The van der Waals surface area contributed by atoms with E-state index in [9.17, 15) is 4.79 Å². The minimum absolute atomic E-state index is 0.109. The van der Waals surface area contributed by atoms with E-state index >= 15 is 0 Å². The number of aryl methyl sites for hydroxylation is 1. The number of para-hydroxylation sites is 1. The monoisotopic (exact) mass is 380 g/mol. The van der Waals surface area contributed by atoms with Gasteiger partial charge in [-0.25, -0.2) is 0 Å². The highest BCUT2D eigenvalue weighted by molar-refractivity contribution is 7.99. The number of unbranched alkanes of at least 4 members (excludes halogenated alkanes) is 4. The maximum absolute atomic E-state index is 12.1. The van der Waals surface area contributed by atoms with Gasteiger partial charge in [0.2, 0.25) is 5.91 Å². The fourth-order valence-corrected chi connectivity index (χ4v) is 3.37. The molecule has 1 N–H and O–H groups in total. The molecule has 0 saturated heterocycles. The maximum Gasteiger partial charge on any atom is 0.234 e. The summed E-state index contributed by atoms with van der Waals surface area (Å²) in [4.78, 5) is 12.1. The van der Waals surface area contributed by atoms with E-state index in [1.54, 1.807) is 12.1 Å². The Kier molecular flexibility index (Phi) is 8.28. The standard InChI is InChI=1S/C18H25ClN4OS/c1-3-4-5-6-7-12-16-21-22-18(23(16)2)25-13-17(24)20-15-11-9-8-10-14(15)19/h8-11H,3-7,12-13H2,1-2H3,(H,20,24). The smallest absolute Gasteiger partial charge is 0.234 e. The lowest BCUT2D eigenvalue weighted by atomic mass is 10.1. The van der Waals surface area contributed by atoms with Gasteiger partial charge in [-0.15, -0.1) is 10.2 Å². The van der Waals surface area contributed by atoms with Crippen LogP contribution in [0.2, 0.25) is 5.02 Å². The summed E-state index contributed by atoms with van der Waals surface area (Å²) in [7, 11) is 1.95. The molecule has 0 atom stereocenters. The number of carbonyl (C=O) groups is 1. The molecule has 136 valence electrons. The molecule has 0 spiro atoms. The molecular weight excluding hydrogens is 356 g/mol. The Hall–Kier alpha value is -1.53. The fourth-order valence-electron chi connectivity index (χ4n) is 2.45. The van der Waals surface area contributed by atoms with Gasteiger partial charge in [-0.2, -0.15) is 0 Å². The number of hydrogen-bond donors (Lipinski definition) is 1. The van der Waals surface area contributed by atoms with Crippen LogP contribution in [-0.2, 0) is 18.3 Å². The summed E-state index contributed by atoms with van der Waals surface area (Å²) < 4.78 is 1.98. The molecule has 2 rings (SSSR count). The number of aromatic nitrogens is 3.